The summed E-state index contributed by atoms with van der Waals surface area (Å²) in [5.41, 5.74) is 1.22. The molecule has 33 heavy (non-hydrogen) atoms. The number of alkyl halides is 3. The van der Waals surface area contributed by atoms with Gasteiger partial charge in [-0.2, -0.15) is 13.2 Å². The number of sulfone groups is 1. The van der Waals surface area contributed by atoms with E-state index in [1.807, 2.05) is 0 Å². The molecule has 0 fully saturated rings. The predicted octanol–water partition coefficient (Wildman–Crippen LogP) is 3.26. The molecule has 0 saturated carbocycles. The first-order chi connectivity index (χ1) is 15.4. The van der Waals surface area contributed by atoms with Crippen molar-refractivity contribution in [2.24, 2.45) is 0 Å². The summed E-state index contributed by atoms with van der Waals surface area (Å²) in [7, 11) is -3.58. The summed E-state index contributed by atoms with van der Waals surface area (Å²) in [5, 5.41) is -0.298. The van der Waals surface area contributed by atoms with Crippen LogP contribution in [0.5, 0.6) is 0 Å². The Bertz CT molecular complexity index is 1350. The monoisotopic (exact) mass is 477 g/mol. The van der Waals surface area contributed by atoms with Gasteiger partial charge < -0.3 is 9.88 Å². The van der Waals surface area contributed by atoms with E-state index in [0.717, 1.165) is 41.6 Å². The quantitative estimate of drug-likeness (QED) is 0.582. The molecule has 172 valence electrons. The Kier molecular flexibility index (Phi) is 5.61. The summed E-state index contributed by atoms with van der Waals surface area (Å²) < 4.78 is 61.5. The number of aromatic nitrogens is 2. The van der Waals surface area contributed by atoms with Gasteiger partial charge in [0.1, 0.15) is 5.69 Å². The number of nitrogens with one attached hydrogen (secondary N) is 1. The largest absolute Gasteiger partial charge is 0.416 e. The first-order valence-corrected chi connectivity index (χ1v) is 11.7. The van der Waals surface area contributed by atoms with Gasteiger partial charge in [0.15, 0.2) is 5.78 Å². The Morgan fingerprint density at radius 2 is 1.70 bits per heavy atom. The predicted molar refractivity (Wildman–Crippen MR) is 111 cm³/mol. The molecule has 0 unspecified atom stereocenters. The fraction of sp³-hybridized carbons (Fsp3) is 0.227. The average molecular weight is 477 g/mol. The topological polar surface area (TPSA) is 100 Å². The third-order valence-corrected chi connectivity index (χ3v) is 6.28. The minimum Gasteiger partial charge on any atom is -0.335 e. The fourth-order valence-electron chi connectivity index (χ4n) is 3.61. The summed E-state index contributed by atoms with van der Waals surface area (Å²) in [6, 6.07) is 9.00. The summed E-state index contributed by atoms with van der Waals surface area (Å²) in [5.74, 6) is -0.883. The van der Waals surface area contributed by atoms with Gasteiger partial charge in [-0.05, 0) is 35.7 Å². The van der Waals surface area contributed by atoms with Crippen molar-refractivity contribution >= 4 is 21.5 Å². The second-order valence-corrected chi connectivity index (χ2v) is 9.66. The molecule has 1 amide bonds. The van der Waals surface area contributed by atoms with Gasteiger partial charge in [-0.1, -0.05) is 24.3 Å². The summed E-state index contributed by atoms with van der Waals surface area (Å²) >= 11 is 0. The van der Waals surface area contributed by atoms with E-state index in [1.54, 1.807) is 18.2 Å². The number of halogens is 3. The normalized spacial score (nSPS) is 14.1. The van der Waals surface area contributed by atoms with E-state index in [4.69, 9.17) is 0 Å². The molecule has 0 spiro atoms. The zero-order valence-corrected chi connectivity index (χ0v) is 18.1. The van der Waals surface area contributed by atoms with Gasteiger partial charge in [-0.3, -0.25) is 9.59 Å². The zero-order chi connectivity index (χ0) is 24.0. The van der Waals surface area contributed by atoms with Crippen molar-refractivity contribution in [2.45, 2.75) is 24.3 Å². The molecular formula is C22H18F3N3O4S. The van der Waals surface area contributed by atoms with Crippen molar-refractivity contribution in [2.75, 3.05) is 12.8 Å². The summed E-state index contributed by atoms with van der Waals surface area (Å²) in [4.78, 5) is 33.4. The molecule has 0 saturated heterocycles. The molecule has 0 radical (unpaired) electrons. The van der Waals surface area contributed by atoms with Gasteiger partial charge in [0.2, 0.25) is 15.0 Å². The van der Waals surface area contributed by atoms with E-state index in [9.17, 15) is 31.2 Å². The van der Waals surface area contributed by atoms with E-state index in [2.05, 4.69) is 9.97 Å². The second kappa shape index (κ2) is 8.14. The van der Waals surface area contributed by atoms with Crippen LogP contribution in [-0.4, -0.2) is 47.8 Å². The minimum atomic E-state index is -4.49. The van der Waals surface area contributed by atoms with Crippen LogP contribution < -0.4 is 0 Å². The Morgan fingerprint density at radius 1 is 1.03 bits per heavy atom. The van der Waals surface area contributed by atoms with Crippen LogP contribution in [0.3, 0.4) is 0 Å². The van der Waals surface area contributed by atoms with Crippen molar-refractivity contribution in [3.63, 3.8) is 0 Å². The number of ketones is 1. The maximum Gasteiger partial charge on any atom is 0.416 e. The number of imidazole rings is 1. The number of hydrogen-bond donors (Lipinski definition) is 1. The smallest absolute Gasteiger partial charge is 0.335 e. The Balaban J connectivity index is 1.54. The van der Waals surface area contributed by atoms with Gasteiger partial charge in [0.05, 0.1) is 5.56 Å². The Morgan fingerprint density at radius 3 is 2.30 bits per heavy atom. The zero-order valence-electron chi connectivity index (χ0n) is 17.3. The van der Waals surface area contributed by atoms with E-state index in [1.165, 1.54) is 11.1 Å². The van der Waals surface area contributed by atoms with Crippen LogP contribution in [0.4, 0.5) is 13.2 Å². The van der Waals surface area contributed by atoms with Gasteiger partial charge in [0, 0.05) is 36.7 Å². The van der Waals surface area contributed by atoms with Gasteiger partial charge >= 0.3 is 6.18 Å². The highest BCUT2D eigenvalue weighted by Gasteiger charge is 2.30. The SMILES string of the molecule is CS(=O)(=O)c1nc(C(=O)N2CCc3ccc(C(=O)c4ccc(C(F)(F)F)cc4)cc3C2)c[nH]1. The summed E-state index contributed by atoms with van der Waals surface area (Å²) in [6.07, 6.45) is -1.75. The molecule has 2 aromatic carbocycles. The molecule has 4 rings (SSSR count). The number of aromatic amines is 1. The lowest BCUT2D eigenvalue weighted by Gasteiger charge is -2.28. The van der Waals surface area contributed by atoms with Crippen LogP contribution in [0.15, 0.2) is 53.8 Å². The van der Waals surface area contributed by atoms with Crippen molar-refractivity contribution in [1.29, 1.82) is 0 Å². The third kappa shape index (κ3) is 4.68. The van der Waals surface area contributed by atoms with Crippen LogP contribution in [0.1, 0.15) is 43.1 Å². The molecule has 1 aromatic heterocycles. The van der Waals surface area contributed by atoms with Crippen LogP contribution in [0.25, 0.3) is 0 Å². The molecule has 0 aliphatic carbocycles. The lowest BCUT2D eigenvalue weighted by atomic mass is 9.94. The molecule has 2 heterocycles. The minimum absolute atomic E-state index is 0.0316. The lowest BCUT2D eigenvalue weighted by Crippen LogP contribution is -2.36. The van der Waals surface area contributed by atoms with Crippen LogP contribution >= 0.6 is 0 Å². The molecule has 0 bridgehead atoms. The molecule has 11 heteroatoms. The number of nitrogens with zero attached hydrogens (tertiary/aromatic N) is 2. The van der Waals surface area contributed by atoms with E-state index in [-0.39, 0.29) is 23.0 Å². The van der Waals surface area contributed by atoms with Crippen molar-refractivity contribution in [3.05, 3.63) is 82.2 Å². The molecule has 1 aliphatic rings. The van der Waals surface area contributed by atoms with Gasteiger partial charge in [-0.15, -0.1) is 0 Å². The molecule has 1 N–H and O–H groups in total. The van der Waals surface area contributed by atoms with E-state index >= 15 is 0 Å². The van der Waals surface area contributed by atoms with Gasteiger partial charge in [0.25, 0.3) is 5.91 Å². The molecule has 0 atom stereocenters. The maximum absolute atomic E-state index is 12.8. The first-order valence-electron chi connectivity index (χ1n) is 9.82. The number of H-pyrrole nitrogens is 1. The molecule has 3 aromatic rings. The van der Waals surface area contributed by atoms with E-state index < -0.39 is 33.3 Å². The molecular weight excluding hydrogens is 459 g/mol. The highest BCUT2D eigenvalue weighted by molar-refractivity contribution is 7.90. The highest BCUT2D eigenvalue weighted by atomic mass is 32.2. The Labute approximate surface area is 187 Å². The number of rotatable bonds is 4. The number of benzene rings is 2. The number of fused-ring (bicyclic) bond motifs is 1. The lowest BCUT2D eigenvalue weighted by molar-refractivity contribution is -0.137. The maximum atomic E-state index is 12.8. The van der Waals surface area contributed by atoms with E-state index in [0.29, 0.717) is 18.5 Å². The van der Waals surface area contributed by atoms with Crippen LogP contribution in [-0.2, 0) is 29.0 Å². The highest BCUT2D eigenvalue weighted by Crippen LogP contribution is 2.30. The summed E-state index contributed by atoms with van der Waals surface area (Å²) in [6.45, 7) is 0.572. The Hall–Kier alpha value is -3.47. The molecule has 1 aliphatic heterocycles. The van der Waals surface area contributed by atoms with Crippen molar-refractivity contribution in [3.8, 4) is 0 Å². The van der Waals surface area contributed by atoms with Crippen molar-refractivity contribution in [1.82, 2.24) is 14.9 Å². The fourth-order valence-corrected chi connectivity index (χ4v) is 4.15. The first kappa shape index (κ1) is 22.7. The van der Waals surface area contributed by atoms with Crippen LogP contribution in [0, 0.1) is 0 Å². The number of carbonyl (C=O) groups is 2. The number of hydrogen-bond acceptors (Lipinski definition) is 5. The molecule has 7 nitrogen and oxygen atoms in total. The standard InChI is InChI=1S/C22H18F3N3O4S/c1-33(31,32)21-26-11-18(27-21)20(30)28-9-8-13-2-3-15(10-16(13)12-28)19(29)14-4-6-17(7-5-14)22(23,24)25/h2-7,10-11H,8-9,12H2,1H3,(H,26,27). The number of amides is 1. The second-order valence-electron chi connectivity index (χ2n) is 7.73. The van der Waals surface area contributed by atoms with Gasteiger partial charge in [-0.25, -0.2) is 13.4 Å². The van der Waals surface area contributed by atoms with Crippen molar-refractivity contribution < 1.29 is 31.2 Å². The van der Waals surface area contributed by atoms with Crippen LogP contribution in [0.2, 0.25) is 0 Å². The average Bonchev–Trinajstić information content (AvgIpc) is 3.28. The number of carbonyl (C=O) groups excluding carboxylic acids is 2. The third-order valence-electron chi connectivity index (χ3n) is 5.37.